The molecule has 0 saturated carbocycles. The molecule has 2 aromatic rings. The molecule has 1 N–H and O–H groups in total. The number of benzene rings is 1. The molecule has 1 saturated heterocycles. The van der Waals surface area contributed by atoms with Crippen LogP contribution >= 0.6 is 11.3 Å². The smallest absolute Gasteiger partial charge is 0.255 e. The Morgan fingerprint density at radius 1 is 1.32 bits per heavy atom. The number of anilines is 1. The van der Waals surface area contributed by atoms with Crippen molar-refractivity contribution in [3.63, 3.8) is 0 Å². The van der Waals surface area contributed by atoms with Gasteiger partial charge in [0.05, 0.1) is 12.2 Å². The van der Waals surface area contributed by atoms with Gasteiger partial charge < -0.3 is 4.74 Å². The van der Waals surface area contributed by atoms with Gasteiger partial charge >= 0.3 is 0 Å². The number of aromatic nitrogens is 1. The zero-order chi connectivity index (χ0) is 19.6. The highest BCUT2D eigenvalue weighted by atomic mass is 32.2. The van der Waals surface area contributed by atoms with Crippen LogP contribution in [0.2, 0.25) is 0 Å². The summed E-state index contributed by atoms with van der Waals surface area (Å²) in [5.74, 6) is -0.182. The maximum atomic E-state index is 12.7. The van der Waals surface area contributed by atoms with Gasteiger partial charge in [0.15, 0.2) is 5.13 Å². The van der Waals surface area contributed by atoms with Crippen molar-refractivity contribution in [1.29, 1.82) is 0 Å². The lowest BCUT2D eigenvalue weighted by molar-refractivity contribution is -0.124. The summed E-state index contributed by atoms with van der Waals surface area (Å²) < 4.78 is 32.2. The molecule has 3 heterocycles. The van der Waals surface area contributed by atoms with E-state index in [0.717, 1.165) is 29.0 Å². The summed E-state index contributed by atoms with van der Waals surface area (Å²) in [6.45, 7) is 1.25. The van der Waals surface area contributed by atoms with Gasteiger partial charge in [0.1, 0.15) is 6.10 Å². The molecule has 0 bridgehead atoms. The SMILES string of the molecule is O=C(Nc1nc2c(s1)CN(S(=O)(=O)/C=C/c1ccccc1)CC2)[C@@H]1CCCO1. The van der Waals surface area contributed by atoms with E-state index >= 15 is 0 Å². The van der Waals surface area contributed by atoms with Gasteiger partial charge in [-0.25, -0.2) is 13.4 Å². The van der Waals surface area contributed by atoms with Gasteiger partial charge in [-0.2, -0.15) is 4.31 Å². The number of amides is 1. The van der Waals surface area contributed by atoms with Crippen molar-refractivity contribution in [3.05, 3.63) is 51.9 Å². The number of nitrogens with one attached hydrogen (secondary N) is 1. The fraction of sp³-hybridized carbons (Fsp3) is 0.368. The van der Waals surface area contributed by atoms with Gasteiger partial charge in [0, 0.05) is 29.9 Å². The molecule has 4 rings (SSSR count). The Balaban J connectivity index is 1.43. The topological polar surface area (TPSA) is 88.6 Å². The van der Waals surface area contributed by atoms with Crippen molar-refractivity contribution in [1.82, 2.24) is 9.29 Å². The van der Waals surface area contributed by atoms with E-state index in [1.54, 1.807) is 6.08 Å². The van der Waals surface area contributed by atoms with E-state index in [2.05, 4.69) is 10.3 Å². The summed E-state index contributed by atoms with van der Waals surface area (Å²) in [6, 6.07) is 9.32. The molecule has 9 heteroatoms. The second-order valence-electron chi connectivity index (χ2n) is 6.72. The van der Waals surface area contributed by atoms with Crippen molar-refractivity contribution in [2.75, 3.05) is 18.5 Å². The number of rotatable bonds is 5. The van der Waals surface area contributed by atoms with Crippen LogP contribution in [0.25, 0.3) is 6.08 Å². The Morgan fingerprint density at radius 3 is 2.89 bits per heavy atom. The lowest BCUT2D eigenvalue weighted by Crippen LogP contribution is -2.34. The lowest BCUT2D eigenvalue weighted by Gasteiger charge is -2.23. The molecule has 1 atom stereocenters. The largest absolute Gasteiger partial charge is 0.368 e. The van der Waals surface area contributed by atoms with Crippen LogP contribution in [0.15, 0.2) is 35.7 Å². The first-order chi connectivity index (χ1) is 13.5. The molecule has 28 heavy (non-hydrogen) atoms. The minimum absolute atomic E-state index is 0.182. The second kappa shape index (κ2) is 8.12. The number of fused-ring (bicyclic) bond motifs is 1. The fourth-order valence-electron chi connectivity index (χ4n) is 3.23. The first-order valence-electron chi connectivity index (χ1n) is 9.15. The second-order valence-corrected chi connectivity index (χ2v) is 9.62. The molecule has 0 aliphatic carbocycles. The Bertz CT molecular complexity index is 980. The monoisotopic (exact) mass is 419 g/mol. The molecule has 1 fully saturated rings. The van der Waals surface area contributed by atoms with Gasteiger partial charge in [-0.05, 0) is 24.5 Å². The van der Waals surface area contributed by atoms with Gasteiger partial charge in [-0.1, -0.05) is 30.3 Å². The van der Waals surface area contributed by atoms with E-state index < -0.39 is 16.1 Å². The number of hydrogen-bond donors (Lipinski definition) is 1. The van der Waals surface area contributed by atoms with Gasteiger partial charge in [0.2, 0.25) is 10.0 Å². The number of nitrogens with zero attached hydrogens (tertiary/aromatic N) is 2. The normalized spacial score (nSPS) is 20.4. The maximum Gasteiger partial charge on any atom is 0.255 e. The standard InChI is InChI=1S/C19H21N3O4S2/c23-18(16-7-4-11-26-16)21-19-20-15-8-10-22(13-17(15)27-19)28(24,25)12-9-14-5-2-1-3-6-14/h1-3,5-6,9,12,16H,4,7-8,10-11,13H2,(H,20,21,23)/b12-9+/t16-/m0/s1. The summed E-state index contributed by atoms with van der Waals surface area (Å²) in [7, 11) is -3.53. The number of hydrogen-bond acceptors (Lipinski definition) is 6. The quantitative estimate of drug-likeness (QED) is 0.805. The summed E-state index contributed by atoms with van der Waals surface area (Å²) in [4.78, 5) is 17.5. The Labute approximate surface area is 168 Å². The molecule has 1 amide bonds. The molecular formula is C19H21N3O4S2. The average molecular weight is 420 g/mol. The molecule has 0 unspecified atom stereocenters. The number of sulfonamides is 1. The van der Waals surface area contributed by atoms with E-state index in [-0.39, 0.29) is 12.5 Å². The Kier molecular flexibility index (Phi) is 5.58. The van der Waals surface area contributed by atoms with Crippen LogP contribution in [-0.2, 0) is 32.5 Å². The minimum Gasteiger partial charge on any atom is -0.368 e. The summed E-state index contributed by atoms with van der Waals surface area (Å²) in [6.07, 6.45) is 3.32. The molecular weight excluding hydrogens is 398 g/mol. The number of carbonyl (C=O) groups excluding carboxylic acids is 1. The van der Waals surface area contributed by atoms with Gasteiger partial charge in [-0.3, -0.25) is 10.1 Å². The first-order valence-corrected chi connectivity index (χ1v) is 11.5. The summed E-state index contributed by atoms with van der Waals surface area (Å²) in [5, 5.41) is 4.55. The molecule has 0 spiro atoms. The zero-order valence-corrected chi connectivity index (χ0v) is 16.8. The van der Waals surface area contributed by atoms with Crippen LogP contribution in [0.3, 0.4) is 0 Å². The molecule has 2 aliphatic heterocycles. The third-order valence-electron chi connectivity index (χ3n) is 4.74. The van der Waals surface area contributed by atoms with Crippen molar-refractivity contribution >= 4 is 38.5 Å². The van der Waals surface area contributed by atoms with E-state index in [9.17, 15) is 13.2 Å². The third-order valence-corrected chi connectivity index (χ3v) is 7.25. The maximum absolute atomic E-state index is 12.7. The van der Waals surface area contributed by atoms with E-state index in [1.165, 1.54) is 21.1 Å². The number of ether oxygens (including phenoxy) is 1. The molecule has 148 valence electrons. The van der Waals surface area contributed by atoms with E-state index in [4.69, 9.17) is 4.74 Å². The molecule has 2 aliphatic rings. The lowest BCUT2D eigenvalue weighted by atomic mass is 10.2. The average Bonchev–Trinajstić information content (AvgIpc) is 3.36. The van der Waals surface area contributed by atoms with E-state index in [1.807, 2.05) is 30.3 Å². The van der Waals surface area contributed by atoms with Crippen LogP contribution in [0.4, 0.5) is 5.13 Å². The van der Waals surface area contributed by atoms with Gasteiger partial charge in [-0.15, -0.1) is 11.3 Å². The molecule has 0 radical (unpaired) electrons. The van der Waals surface area contributed by atoms with Crippen LogP contribution in [0, 0.1) is 0 Å². The molecule has 7 nitrogen and oxygen atoms in total. The van der Waals surface area contributed by atoms with Crippen LogP contribution in [-0.4, -0.2) is 42.9 Å². The van der Waals surface area contributed by atoms with Crippen LogP contribution in [0.1, 0.15) is 29.0 Å². The highest BCUT2D eigenvalue weighted by Gasteiger charge is 2.29. The highest BCUT2D eigenvalue weighted by Crippen LogP contribution is 2.30. The fourth-order valence-corrected chi connectivity index (χ4v) is 5.49. The first kappa shape index (κ1) is 19.3. The Hall–Kier alpha value is -2.07. The van der Waals surface area contributed by atoms with E-state index in [0.29, 0.717) is 24.7 Å². The Morgan fingerprint density at radius 2 is 2.14 bits per heavy atom. The van der Waals surface area contributed by atoms with Crippen molar-refractivity contribution in [2.24, 2.45) is 0 Å². The predicted octanol–water partition coefficient (Wildman–Crippen LogP) is 2.62. The number of thiazole rings is 1. The highest BCUT2D eigenvalue weighted by molar-refractivity contribution is 7.92. The zero-order valence-electron chi connectivity index (χ0n) is 15.2. The van der Waals surface area contributed by atoms with Crippen LogP contribution in [0.5, 0.6) is 0 Å². The number of carbonyl (C=O) groups is 1. The summed E-state index contributed by atoms with van der Waals surface area (Å²) >= 11 is 1.33. The van der Waals surface area contributed by atoms with Gasteiger partial charge in [0.25, 0.3) is 5.91 Å². The van der Waals surface area contributed by atoms with Crippen LogP contribution < -0.4 is 5.32 Å². The third kappa shape index (κ3) is 4.33. The summed E-state index contributed by atoms with van der Waals surface area (Å²) in [5.41, 5.74) is 1.69. The predicted molar refractivity (Wildman–Crippen MR) is 108 cm³/mol. The van der Waals surface area contributed by atoms with Crippen molar-refractivity contribution in [3.8, 4) is 0 Å². The molecule has 1 aromatic carbocycles. The van der Waals surface area contributed by atoms with Crippen molar-refractivity contribution in [2.45, 2.75) is 31.9 Å². The minimum atomic E-state index is -3.53. The van der Waals surface area contributed by atoms with Crippen molar-refractivity contribution < 1.29 is 17.9 Å². The molecule has 1 aromatic heterocycles.